The average Bonchev–Trinajstić information content (AvgIpc) is 2.23. The van der Waals surface area contributed by atoms with E-state index < -0.39 is 0 Å². The highest BCUT2D eigenvalue weighted by atomic mass is 16.3. The fourth-order valence-electron chi connectivity index (χ4n) is 1.20. The number of allylic oxidation sites excluding steroid dienone is 4. The van der Waals surface area contributed by atoms with Crippen LogP contribution in [0.2, 0.25) is 0 Å². The summed E-state index contributed by atoms with van der Waals surface area (Å²) < 4.78 is 0. The summed E-state index contributed by atoms with van der Waals surface area (Å²) in [6.07, 6.45) is 7.72. The van der Waals surface area contributed by atoms with Crippen molar-refractivity contribution in [3.05, 3.63) is 48.4 Å². The van der Waals surface area contributed by atoms with Crippen molar-refractivity contribution in [1.29, 1.82) is 0 Å². The Morgan fingerprint density at radius 3 is 3.00 bits per heavy atom. The van der Waals surface area contributed by atoms with E-state index in [1.165, 1.54) is 0 Å². The maximum Gasteiger partial charge on any atom is 0.152 e. The van der Waals surface area contributed by atoms with Crippen molar-refractivity contribution in [3.8, 4) is 0 Å². The van der Waals surface area contributed by atoms with Gasteiger partial charge in [-0.1, -0.05) is 18.2 Å². The largest absolute Gasteiger partial charge is 0.506 e. The normalized spacial score (nSPS) is 18.3. The van der Waals surface area contributed by atoms with Gasteiger partial charge in [0.1, 0.15) is 5.76 Å². The van der Waals surface area contributed by atoms with Gasteiger partial charge in [0.05, 0.1) is 5.71 Å². The molecule has 0 aromatic carbocycles. The Bertz CT molecular complexity index is 405. The highest BCUT2D eigenvalue weighted by Crippen LogP contribution is 2.13. The van der Waals surface area contributed by atoms with E-state index >= 15 is 0 Å². The smallest absolute Gasteiger partial charge is 0.152 e. The van der Waals surface area contributed by atoms with Crippen molar-refractivity contribution in [2.24, 2.45) is 4.99 Å². The van der Waals surface area contributed by atoms with Crippen molar-refractivity contribution in [2.45, 2.75) is 6.42 Å². The van der Waals surface area contributed by atoms with Crippen LogP contribution in [-0.2, 0) is 0 Å². The molecule has 3 nitrogen and oxygen atoms in total. The Morgan fingerprint density at radius 2 is 2.29 bits per heavy atom. The predicted molar refractivity (Wildman–Crippen MR) is 55.8 cm³/mol. The summed E-state index contributed by atoms with van der Waals surface area (Å²) in [5, 5.41) is 9.48. The third-order valence-corrected chi connectivity index (χ3v) is 1.90. The number of hydrogen-bond acceptors (Lipinski definition) is 3. The summed E-state index contributed by atoms with van der Waals surface area (Å²) >= 11 is 0. The Labute approximate surface area is 82.1 Å². The van der Waals surface area contributed by atoms with Crippen LogP contribution in [0.1, 0.15) is 6.42 Å². The molecule has 0 unspecified atom stereocenters. The summed E-state index contributed by atoms with van der Waals surface area (Å²) in [6.45, 7) is 0. The summed E-state index contributed by atoms with van der Waals surface area (Å²) in [5.41, 5.74) is 0.659. The highest BCUT2D eigenvalue weighted by molar-refractivity contribution is 6.01. The van der Waals surface area contributed by atoms with Crippen molar-refractivity contribution >= 4 is 11.5 Å². The first-order valence-electron chi connectivity index (χ1n) is 4.41. The molecular weight excluding hydrogens is 176 g/mol. The van der Waals surface area contributed by atoms with Crippen LogP contribution in [0.25, 0.3) is 0 Å². The first-order chi connectivity index (χ1) is 6.86. The molecule has 3 heteroatoms. The summed E-state index contributed by atoms with van der Waals surface area (Å²) in [4.78, 5) is 8.29. The minimum Gasteiger partial charge on any atom is -0.506 e. The van der Waals surface area contributed by atoms with Crippen LogP contribution < -0.4 is 0 Å². The van der Waals surface area contributed by atoms with E-state index in [4.69, 9.17) is 0 Å². The zero-order chi connectivity index (χ0) is 9.80. The number of nitrogens with zero attached hydrogens (tertiary/aromatic N) is 2. The molecule has 0 radical (unpaired) electrons. The third kappa shape index (κ3) is 1.88. The number of pyridine rings is 1. The topological polar surface area (TPSA) is 45.5 Å². The Hall–Kier alpha value is -1.90. The number of hydrogen-bond donors (Lipinski definition) is 1. The number of aliphatic imine (C=N–C) groups is 1. The van der Waals surface area contributed by atoms with E-state index in [2.05, 4.69) is 9.98 Å². The first kappa shape index (κ1) is 8.69. The second-order valence-electron chi connectivity index (χ2n) is 2.93. The van der Waals surface area contributed by atoms with Crippen LogP contribution >= 0.6 is 0 Å². The van der Waals surface area contributed by atoms with Crippen LogP contribution in [0.5, 0.6) is 0 Å². The number of aliphatic hydroxyl groups excluding tert-OH is 1. The van der Waals surface area contributed by atoms with Gasteiger partial charge in [0.2, 0.25) is 0 Å². The van der Waals surface area contributed by atoms with Crippen molar-refractivity contribution in [3.63, 3.8) is 0 Å². The number of aromatic nitrogens is 1. The molecule has 1 aliphatic carbocycles. The lowest BCUT2D eigenvalue weighted by Gasteiger charge is -2.05. The monoisotopic (exact) mass is 186 g/mol. The molecule has 0 fully saturated rings. The average molecular weight is 186 g/mol. The van der Waals surface area contributed by atoms with Crippen LogP contribution in [0.4, 0.5) is 5.82 Å². The second kappa shape index (κ2) is 3.87. The predicted octanol–water partition coefficient (Wildman–Crippen LogP) is 2.56. The van der Waals surface area contributed by atoms with Gasteiger partial charge >= 0.3 is 0 Å². The molecule has 0 amide bonds. The molecular formula is C11H10N2O. The van der Waals surface area contributed by atoms with Crippen LogP contribution in [0, 0.1) is 0 Å². The fraction of sp³-hybridized carbons (Fsp3) is 0.0909. The van der Waals surface area contributed by atoms with Gasteiger partial charge in [0, 0.05) is 12.6 Å². The molecule has 1 aromatic rings. The van der Waals surface area contributed by atoms with Gasteiger partial charge in [0.25, 0.3) is 0 Å². The van der Waals surface area contributed by atoms with Gasteiger partial charge in [-0.3, -0.25) is 0 Å². The van der Waals surface area contributed by atoms with Crippen LogP contribution in [0.3, 0.4) is 0 Å². The van der Waals surface area contributed by atoms with Gasteiger partial charge in [-0.25, -0.2) is 9.98 Å². The fourth-order valence-corrected chi connectivity index (χ4v) is 1.20. The molecule has 70 valence electrons. The van der Waals surface area contributed by atoms with Gasteiger partial charge in [-0.15, -0.1) is 0 Å². The molecule has 1 aliphatic rings. The van der Waals surface area contributed by atoms with E-state index in [9.17, 15) is 5.11 Å². The Balaban J connectivity index is 2.28. The van der Waals surface area contributed by atoms with Crippen LogP contribution in [-0.4, -0.2) is 15.8 Å². The molecule has 2 rings (SSSR count). The SMILES string of the molecule is OC1=CC=CCC1=Nc1ccccn1. The maximum atomic E-state index is 9.48. The molecule has 0 spiro atoms. The lowest BCUT2D eigenvalue weighted by atomic mass is 10.1. The summed E-state index contributed by atoms with van der Waals surface area (Å²) in [5.74, 6) is 0.843. The van der Waals surface area contributed by atoms with E-state index in [0.29, 0.717) is 18.0 Å². The third-order valence-electron chi connectivity index (χ3n) is 1.90. The van der Waals surface area contributed by atoms with E-state index in [1.807, 2.05) is 24.3 Å². The van der Waals surface area contributed by atoms with Crippen LogP contribution in [0.15, 0.2) is 53.4 Å². The van der Waals surface area contributed by atoms with E-state index in [-0.39, 0.29) is 5.76 Å². The lowest BCUT2D eigenvalue weighted by molar-refractivity contribution is 0.441. The Morgan fingerprint density at radius 1 is 1.36 bits per heavy atom. The molecule has 0 aliphatic heterocycles. The minimum atomic E-state index is 0.221. The molecule has 1 N–H and O–H groups in total. The molecule has 14 heavy (non-hydrogen) atoms. The lowest BCUT2D eigenvalue weighted by Crippen LogP contribution is -2.03. The molecule has 1 heterocycles. The van der Waals surface area contributed by atoms with Gasteiger partial charge in [0.15, 0.2) is 5.82 Å². The quantitative estimate of drug-likeness (QED) is 0.732. The van der Waals surface area contributed by atoms with Gasteiger partial charge in [-0.2, -0.15) is 0 Å². The van der Waals surface area contributed by atoms with Gasteiger partial charge < -0.3 is 5.11 Å². The molecule has 0 atom stereocenters. The van der Waals surface area contributed by atoms with Gasteiger partial charge in [-0.05, 0) is 18.2 Å². The Kier molecular flexibility index (Phi) is 2.40. The van der Waals surface area contributed by atoms with E-state index in [1.54, 1.807) is 18.3 Å². The first-order valence-corrected chi connectivity index (χ1v) is 4.41. The van der Waals surface area contributed by atoms with Crippen molar-refractivity contribution < 1.29 is 5.11 Å². The van der Waals surface area contributed by atoms with E-state index in [0.717, 1.165) is 0 Å². The summed E-state index contributed by atoms with van der Waals surface area (Å²) in [6, 6.07) is 5.50. The maximum absolute atomic E-state index is 9.48. The molecule has 0 saturated heterocycles. The van der Waals surface area contributed by atoms with Crippen molar-refractivity contribution in [2.75, 3.05) is 0 Å². The zero-order valence-corrected chi connectivity index (χ0v) is 7.59. The molecule has 0 saturated carbocycles. The summed E-state index contributed by atoms with van der Waals surface area (Å²) in [7, 11) is 0. The number of rotatable bonds is 1. The molecule has 0 bridgehead atoms. The standard InChI is InChI=1S/C11H10N2O/c14-10-6-2-1-5-9(10)13-11-7-3-4-8-12-11/h1-4,6-8,14H,5H2. The number of aliphatic hydroxyl groups is 1. The minimum absolute atomic E-state index is 0.221. The molecule has 1 aromatic heterocycles. The highest BCUT2D eigenvalue weighted by Gasteiger charge is 2.06. The van der Waals surface area contributed by atoms with Crippen molar-refractivity contribution in [1.82, 2.24) is 4.98 Å². The zero-order valence-electron chi connectivity index (χ0n) is 7.59. The second-order valence-corrected chi connectivity index (χ2v) is 2.93.